The zero-order chi connectivity index (χ0) is 21.6. The molecule has 2 aromatic carbocycles. The number of benzene rings is 2. The summed E-state index contributed by atoms with van der Waals surface area (Å²) in [6.07, 6.45) is 0. The standard InChI is InChI=1S/C24H30N4O2S/c1-19-6-5-9-21(18-19)25-24(30)28-12-10-27(11-13-28)23(29)22(20-7-3-2-4-8-20)26-14-16-31-17-15-26/h2-9,18,22H,10-17H2,1H3,(H,25,30). The minimum Gasteiger partial charge on any atom is -0.337 e. The summed E-state index contributed by atoms with van der Waals surface area (Å²) in [5.74, 6) is 2.27. The third-order valence-electron chi connectivity index (χ3n) is 5.91. The average molecular weight is 439 g/mol. The van der Waals surface area contributed by atoms with Gasteiger partial charge in [-0.2, -0.15) is 11.8 Å². The molecule has 2 aliphatic rings. The third kappa shape index (κ3) is 5.40. The quantitative estimate of drug-likeness (QED) is 0.794. The Labute approximate surface area is 188 Å². The van der Waals surface area contributed by atoms with E-state index in [0.29, 0.717) is 26.2 Å². The van der Waals surface area contributed by atoms with Gasteiger partial charge in [0, 0.05) is 56.5 Å². The van der Waals surface area contributed by atoms with Crippen LogP contribution in [0.1, 0.15) is 17.2 Å². The first-order valence-electron chi connectivity index (χ1n) is 10.9. The number of amides is 3. The second kappa shape index (κ2) is 10.2. The molecule has 3 amide bonds. The van der Waals surface area contributed by atoms with Gasteiger partial charge in [-0.15, -0.1) is 0 Å². The van der Waals surface area contributed by atoms with Gasteiger partial charge < -0.3 is 15.1 Å². The molecule has 2 aromatic rings. The van der Waals surface area contributed by atoms with Gasteiger partial charge in [-0.05, 0) is 30.2 Å². The molecule has 1 atom stereocenters. The molecule has 2 heterocycles. The molecule has 7 heteroatoms. The smallest absolute Gasteiger partial charge is 0.321 e. The number of nitrogens with zero attached hydrogens (tertiary/aromatic N) is 3. The van der Waals surface area contributed by atoms with Crippen molar-refractivity contribution in [2.45, 2.75) is 13.0 Å². The highest BCUT2D eigenvalue weighted by Crippen LogP contribution is 2.27. The lowest BCUT2D eigenvalue weighted by Gasteiger charge is -2.40. The molecule has 2 saturated heterocycles. The highest BCUT2D eigenvalue weighted by atomic mass is 32.2. The van der Waals surface area contributed by atoms with E-state index in [-0.39, 0.29) is 18.0 Å². The van der Waals surface area contributed by atoms with Gasteiger partial charge in [-0.25, -0.2) is 4.79 Å². The van der Waals surface area contributed by atoms with Crippen LogP contribution in [0.25, 0.3) is 0 Å². The average Bonchev–Trinajstić information content (AvgIpc) is 2.81. The highest BCUT2D eigenvalue weighted by molar-refractivity contribution is 7.99. The Morgan fingerprint density at radius 2 is 1.55 bits per heavy atom. The number of piperazine rings is 1. The van der Waals surface area contributed by atoms with Crippen LogP contribution in [0.5, 0.6) is 0 Å². The maximum Gasteiger partial charge on any atom is 0.321 e. The van der Waals surface area contributed by atoms with Crippen LogP contribution in [0.2, 0.25) is 0 Å². The van der Waals surface area contributed by atoms with Crippen LogP contribution in [0, 0.1) is 6.92 Å². The fraction of sp³-hybridized carbons (Fsp3) is 0.417. The van der Waals surface area contributed by atoms with Crippen molar-refractivity contribution in [3.8, 4) is 0 Å². The van der Waals surface area contributed by atoms with Crippen LogP contribution in [0.4, 0.5) is 10.5 Å². The van der Waals surface area contributed by atoms with Crippen molar-refractivity contribution in [3.05, 3.63) is 65.7 Å². The monoisotopic (exact) mass is 438 g/mol. The molecule has 2 aliphatic heterocycles. The molecular weight excluding hydrogens is 408 g/mol. The van der Waals surface area contributed by atoms with E-state index < -0.39 is 0 Å². The van der Waals surface area contributed by atoms with Gasteiger partial charge in [0.2, 0.25) is 5.91 Å². The number of carbonyl (C=O) groups is 2. The van der Waals surface area contributed by atoms with E-state index >= 15 is 0 Å². The molecule has 0 radical (unpaired) electrons. The largest absolute Gasteiger partial charge is 0.337 e. The number of thioether (sulfide) groups is 1. The van der Waals surface area contributed by atoms with Crippen LogP contribution < -0.4 is 5.32 Å². The van der Waals surface area contributed by atoms with Crippen molar-refractivity contribution < 1.29 is 9.59 Å². The Balaban J connectivity index is 1.39. The van der Waals surface area contributed by atoms with Gasteiger partial charge in [0.25, 0.3) is 0 Å². The topological polar surface area (TPSA) is 55.9 Å². The molecule has 164 valence electrons. The lowest BCUT2D eigenvalue weighted by Crippen LogP contribution is -2.54. The van der Waals surface area contributed by atoms with Gasteiger partial charge in [-0.3, -0.25) is 9.69 Å². The number of hydrogen-bond acceptors (Lipinski definition) is 4. The number of nitrogens with one attached hydrogen (secondary N) is 1. The fourth-order valence-corrected chi connectivity index (χ4v) is 5.14. The van der Waals surface area contributed by atoms with Gasteiger partial charge in [-0.1, -0.05) is 42.5 Å². The van der Waals surface area contributed by atoms with Gasteiger partial charge in [0.05, 0.1) is 0 Å². The number of hydrogen-bond donors (Lipinski definition) is 1. The Kier molecular flexibility index (Phi) is 7.14. The summed E-state index contributed by atoms with van der Waals surface area (Å²) >= 11 is 1.95. The van der Waals surface area contributed by atoms with Crippen LogP contribution in [0.3, 0.4) is 0 Å². The van der Waals surface area contributed by atoms with Crippen molar-refractivity contribution in [1.82, 2.24) is 14.7 Å². The molecule has 6 nitrogen and oxygen atoms in total. The molecular formula is C24H30N4O2S. The summed E-state index contributed by atoms with van der Waals surface area (Å²) in [7, 11) is 0. The maximum absolute atomic E-state index is 13.6. The molecule has 31 heavy (non-hydrogen) atoms. The second-order valence-electron chi connectivity index (χ2n) is 8.07. The SMILES string of the molecule is Cc1cccc(NC(=O)N2CCN(C(=O)C(c3ccccc3)N3CCSCC3)CC2)c1. The van der Waals surface area contributed by atoms with E-state index in [1.54, 1.807) is 4.90 Å². The Morgan fingerprint density at radius 3 is 2.23 bits per heavy atom. The van der Waals surface area contributed by atoms with Crippen molar-refractivity contribution >= 4 is 29.4 Å². The Morgan fingerprint density at radius 1 is 0.871 bits per heavy atom. The Hall–Kier alpha value is -2.51. The summed E-state index contributed by atoms with van der Waals surface area (Å²) in [5, 5.41) is 2.97. The molecule has 1 unspecified atom stereocenters. The normalized spacial score (nSPS) is 18.5. The molecule has 0 spiro atoms. The predicted octanol–water partition coefficient (Wildman–Crippen LogP) is 3.46. The Bertz CT molecular complexity index is 893. The summed E-state index contributed by atoms with van der Waals surface area (Å²) in [4.78, 5) is 32.3. The first-order valence-corrected chi connectivity index (χ1v) is 12.1. The fourth-order valence-electron chi connectivity index (χ4n) is 4.21. The van der Waals surface area contributed by atoms with E-state index in [1.165, 1.54) is 0 Å². The molecule has 1 N–H and O–H groups in total. The number of anilines is 1. The summed E-state index contributed by atoms with van der Waals surface area (Å²) < 4.78 is 0. The molecule has 0 aromatic heterocycles. The predicted molar refractivity (Wildman–Crippen MR) is 126 cm³/mol. The van der Waals surface area contributed by atoms with E-state index in [4.69, 9.17) is 0 Å². The number of rotatable bonds is 4. The molecule has 2 fully saturated rings. The van der Waals surface area contributed by atoms with Crippen molar-refractivity contribution in [2.24, 2.45) is 0 Å². The van der Waals surface area contributed by atoms with Crippen LogP contribution in [-0.2, 0) is 4.79 Å². The van der Waals surface area contributed by atoms with E-state index in [9.17, 15) is 9.59 Å². The minimum absolute atomic E-state index is 0.106. The van der Waals surface area contributed by atoms with Crippen molar-refractivity contribution in [1.29, 1.82) is 0 Å². The minimum atomic E-state index is -0.241. The van der Waals surface area contributed by atoms with Gasteiger partial charge >= 0.3 is 6.03 Å². The zero-order valence-electron chi connectivity index (χ0n) is 18.0. The lowest BCUT2D eigenvalue weighted by molar-refractivity contribution is -0.138. The van der Waals surface area contributed by atoms with Crippen LogP contribution in [-0.4, -0.2) is 77.4 Å². The second-order valence-corrected chi connectivity index (χ2v) is 9.30. The first kappa shape index (κ1) is 21.7. The number of aryl methyl sites for hydroxylation is 1. The van der Waals surface area contributed by atoms with Crippen LogP contribution >= 0.6 is 11.8 Å². The molecule has 0 saturated carbocycles. The number of urea groups is 1. The van der Waals surface area contributed by atoms with E-state index in [1.807, 2.05) is 66.1 Å². The first-order chi connectivity index (χ1) is 15.1. The van der Waals surface area contributed by atoms with Gasteiger partial charge in [0.1, 0.15) is 6.04 Å². The lowest BCUT2D eigenvalue weighted by atomic mass is 10.0. The maximum atomic E-state index is 13.6. The molecule has 0 bridgehead atoms. The summed E-state index contributed by atoms with van der Waals surface area (Å²) in [6.45, 7) is 6.06. The molecule has 4 rings (SSSR count). The van der Waals surface area contributed by atoms with Crippen molar-refractivity contribution in [2.75, 3.05) is 56.1 Å². The summed E-state index contributed by atoms with van der Waals surface area (Å²) in [5.41, 5.74) is 2.96. The number of carbonyl (C=O) groups excluding carboxylic acids is 2. The molecule has 0 aliphatic carbocycles. The third-order valence-corrected chi connectivity index (χ3v) is 6.85. The van der Waals surface area contributed by atoms with E-state index in [2.05, 4.69) is 22.3 Å². The van der Waals surface area contributed by atoms with E-state index in [0.717, 1.165) is 41.4 Å². The van der Waals surface area contributed by atoms with Crippen LogP contribution in [0.15, 0.2) is 54.6 Å². The zero-order valence-corrected chi connectivity index (χ0v) is 18.8. The van der Waals surface area contributed by atoms with Gasteiger partial charge in [0.15, 0.2) is 0 Å². The highest BCUT2D eigenvalue weighted by Gasteiger charge is 2.34. The van der Waals surface area contributed by atoms with Crippen molar-refractivity contribution in [3.63, 3.8) is 0 Å². The summed E-state index contributed by atoms with van der Waals surface area (Å²) in [6, 6.07) is 17.5.